The van der Waals surface area contributed by atoms with E-state index in [-0.39, 0.29) is 17.9 Å². The largest absolute Gasteiger partial charge is 0.468 e. The minimum Gasteiger partial charge on any atom is -0.468 e. The highest BCUT2D eigenvalue weighted by atomic mass is 16.5. The number of esters is 1. The summed E-state index contributed by atoms with van der Waals surface area (Å²) in [6, 6.07) is 3.60. The van der Waals surface area contributed by atoms with E-state index in [1.165, 1.54) is 13.2 Å². The molecule has 0 amide bonds. The summed E-state index contributed by atoms with van der Waals surface area (Å²) in [7, 11) is 1.26. The van der Waals surface area contributed by atoms with Crippen molar-refractivity contribution in [2.75, 3.05) is 7.11 Å². The molecule has 4 heteroatoms. The van der Waals surface area contributed by atoms with Crippen molar-refractivity contribution < 1.29 is 14.3 Å². The molecular formula is C16H19NO3. The molecule has 1 rings (SSSR count). The number of ether oxygens (including phenoxy) is 1. The Kier molecular flexibility index (Phi) is 5.38. The smallest absolute Gasteiger partial charge is 0.316 e. The van der Waals surface area contributed by atoms with Crippen LogP contribution in [0.3, 0.4) is 0 Å². The third-order valence-electron chi connectivity index (χ3n) is 2.93. The Morgan fingerprint density at radius 2 is 2.10 bits per heavy atom. The zero-order valence-corrected chi connectivity index (χ0v) is 12.1. The second-order valence-corrected chi connectivity index (χ2v) is 4.59. The number of ketones is 1. The topological polar surface area (TPSA) is 56.3 Å². The van der Waals surface area contributed by atoms with E-state index in [9.17, 15) is 9.59 Å². The zero-order chi connectivity index (χ0) is 15.3. The fourth-order valence-electron chi connectivity index (χ4n) is 1.87. The molecule has 1 atom stereocenters. The minimum atomic E-state index is -0.912. The molecule has 1 unspecified atom stereocenters. The van der Waals surface area contributed by atoms with Gasteiger partial charge in [-0.05, 0) is 31.9 Å². The van der Waals surface area contributed by atoms with Crippen LogP contribution in [-0.4, -0.2) is 23.8 Å². The van der Waals surface area contributed by atoms with Gasteiger partial charge in [-0.15, -0.1) is 6.58 Å². The van der Waals surface area contributed by atoms with Crippen LogP contribution in [-0.2, 0) is 9.53 Å². The lowest BCUT2D eigenvalue weighted by Gasteiger charge is -2.14. The standard InChI is InChI=1S/C16H19NO3/c1-6-7-13(16(19)20-5)15(18)14-12(10(2)3)9-8-11(4)17-14/h6,8-9,13H,1-2,7H2,3-5H3. The lowest BCUT2D eigenvalue weighted by molar-refractivity contribution is -0.143. The number of hydrogen-bond acceptors (Lipinski definition) is 4. The quantitative estimate of drug-likeness (QED) is 0.346. The van der Waals surface area contributed by atoms with Gasteiger partial charge in [0.05, 0.1) is 7.11 Å². The SMILES string of the molecule is C=CCC(C(=O)OC)C(=O)c1nc(C)ccc1C(=C)C. The van der Waals surface area contributed by atoms with Gasteiger partial charge < -0.3 is 4.74 Å². The predicted molar refractivity (Wildman–Crippen MR) is 78.3 cm³/mol. The van der Waals surface area contributed by atoms with Crippen LogP contribution >= 0.6 is 0 Å². The first-order chi connectivity index (χ1) is 9.42. The van der Waals surface area contributed by atoms with Crippen LogP contribution in [0, 0.1) is 12.8 Å². The van der Waals surface area contributed by atoms with Crippen LogP contribution in [0.5, 0.6) is 0 Å². The summed E-state index contributed by atoms with van der Waals surface area (Å²) < 4.78 is 4.68. The molecule has 0 fully saturated rings. The van der Waals surface area contributed by atoms with Gasteiger partial charge in [0.2, 0.25) is 0 Å². The third kappa shape index (κ3) is 3.41. The van der Waals surface area contributed by atoms with Crippen molar-refractivity contribution in [2.45, 2.75) is 20.3 Å². The molecule has 0 spiro atoms. The highest BCUT2D eigenvalue weighted by Crippen LogP contribution is 2.21. The van der Waals surface area contributed by atoms with Crippen molar-refractivity contribution in [1.82, 2.24) is 4.98 Å². The van der Waals surface area contributed by atoms with E-state index in [0.29, 0.717) is 11.3 Å². The van der Waals surface area contributed by atoms with Crippen molar-refractivity contribution in [3.05, 3.63) is 48.3 Å². The second kappa shape index (κ2) is 6.80. The van der Waals surface area contributed by atoms with Crippen LogP contribution in [0.2, 0.25) is 0 Å². The van der Waals surface area contributed by atoms with Gasteiger partial charge >= 0.3 is 5.97 Å². The molecule has 0 aliphatic carbocycles. The molecule has 1 aromatic heterocycles. The number of methoxy groups -OCH3 is 1. The molecule has 0 aromatic carbocycles. The lowest BCUT2D eigenvalue weighted by Crippen LogP contribution is -2.26. The first-order valence-electron chi connectivity index (χ1n) is 6.28. The Labute approximate surface area is 119 Å². The number of aromatic nitrogens is 1. The normalized spacial score (nSPS) is 11.6. The number of hydrogen-bond donors (Lipinski definition) is 0. The van der Waals surface area contributed by atoms with E-state index in [1.807, 2.05) is 0 Å². The number of pyridine rings is 1. The van der Waals surface area contributed by atoms with Crippen LogP contribution in [0.15, 0.2) is 31.4 Å². The number of carbonyl (C=O) groups is 2. The average Bonchev–Trinajstić information content (AvgIpc) is 2.42. The van der Waals surface area contributed by atoms with Crippen LogP contribution in [0.4, 0.5) is 0 Å². The van der Waals surface area contributed by atoms with Crippen LogP contribution in [0.25, 0.3) is 5.57 Å². The van der Waals surface area contributed by atoms with Gasteiger partial charge in [-0.3, -0.25) is 9.59 Å². The minimum absolute atomic E-state index is 0.219. The van der Waals surface area contributed by atoms with Gasteiger partial charge in [0.1, 0.15) is 11.6 Å². The molecule has 0 radical (unpaired) electrons. The van der Waals surface area contributed by atoms with Crippen molar-refractivity contribution in [2.24, 2.45) is 5.92 Å². The number of allylic oxidation sites excluding steroid dienone is 2. The molecule has 20 heavy (non-hydrogen) atoms. The fraction of sp³-hybridized carbons (Fsp3) is 0.312. The van der Waals surface area contributed by atoms with Crippen molar-refractivity contribution >= 4 is 17.3 Å². The number of Topliss-reactive ketones (excluding diaryl/α,β-unsaturated/α-hetero) is 1. The molecule has 0 aliphatic heterocycles. The maximum Gasteiger partial charge on any atom is 0.316 e. The molecular weight excluding hydrogens is 254 g/mol. The maximum absolute atomic E-state index is 12.6. The Morgan fingerprint density at radius 1 is 1.45 bits per heavy atom. The van der Waals surface area contributed by atoms with E-state index in [4.69, 9.17) is 0 Å². The monoisotopic (exact) mass is 273 g/mol. The summed E-state index contributed by atoms with van der Waals surface area (Å²) in [4.78, 5) is 28.6. The number of carbonyl (C=O) groups excluding carboxylic acids is 2. The fourth-order valence-corrected chi connectivity index (χ4v) is 1.87. The number of aryl methyl sites for hydroxylation is 1. The van der Waals surface area contributed by atoms with E-state index < -0.39 is 11.9 Å². The van der Waals surface area contributed by atoms with Gasteiger partial charge in [-0.1, -0.05) is 18.7 Å². The first kappa shape index (κ1) is 15.8. The third-order valence-corrected chi connectivity index (χ3v) is 2.93. The summed E-state index contributed by atoms with van der Waals surface area (Å²) in [5.41, 5.74) is 2.34. The molecule has 0 saturated heterocycles. The summed E-state index contributed by atoms with van der Waals surface area (Å²) in [6.07, 6.45) is 1.74. The van der Waals surface area contributed by atoms with Gasteiger partial charge in [0.25, 0.3) is 0 Å². The Morgan fingerprint density at radius 3 is 2.60 bits per heavy atom. The van der Waals surface area contributed by atoms with Gasteiger partial charge in [0.15, 0.2) is 5.78 Å². The van der Waals surface area contributed by atoms with Crippen LogP contribution in [0.1, 0.15) is 35.1 Å². The van der Waals surface area contributed by atoms with Gasteiger partial charge in [-0.25, -0.2) is 4.98 Å². The van der Waals surface area contributed by atoms with Crippen molar-refractivity contribution in [3.8, 4) is 0 Å². The lowest BCUT2D eigenvalue weighted by atomic mass is 9.93. The molecule has 0 bridgehead atoms. The first-order valence-corrected chi connectivity index (χ1v) is 6.28. The van der Waals surface area contributed by atoms with E-state index in [2.05, 4.69) is 22.9 Å². The summed E-state index contributed by atoms with van der Waals surface area (Å²) in [6.45, 7) is 11.0. The number of rotatable bonds is 6. The van der Waals surface area contributed by atoms with E-state index >= 15 is 0 Å². The molecule has 4 nitrogen and oxygen atoms in total. The van der Waals surface area contributed by atoms with Gasteiger partial charge in [0, 0.05) is 11.3 Å². The molecule has 1 heterocycles. The second-order valence-electron chi connectivity index (χ2n) is 4.59. The van der Waals surface area contributed by atoms with E-state index in [1.54, 1.807) is 26.0 Å². The molecule has 106 valence electrons. The summed E-state index contributed by atoms with van der Waals surface area (Å²) >= 11 is 0. The summed E-state index contributed by atoms with van der Waals surface area (Å²) in [5.74, 6) is -1.85. The average molecular weight is 273 g/mol. The molecule has 1 aromatic rings. The Hall–Kier alpha value is -2.23. The van der Waals surface area contributed by atoms with Crippen molar-refractivity contribution in [3.63, 3.8) is 0 Å². The van der Waals surface area contributed by atoms with E-state index in [0.717, 1.165) is 5.57 Å². The Bertz CT molecular complexity index is 561. The Balaban J connectivity index is 3.30. The predicted octanol–water partition coefficient (Wildman–Crippen LogP) is 2.97. The maximum atomic E-state index is 12.6. The number of nitrogens with zero attached hydrogens (tertiary/aromatic N) is 1. The highest BCUT2D eigenvalue weighted by Gasteiger charge is 2.30. The zero-order valence-electron chi connectivity index (χ0n) is 12.1. The summed E-state index contributed by atoms with van der Waals surface area (Å²) in [5, 5.41) is 0. The molecule has 0 aliphatic rings. The van der Waals surface area contributed by atoms with Gasteiger partial charge in [-0.2, -0.15) is 0 Å². The molecule has 0 N–H and O–H groups in total. The van der Waals surface area contributed by atoms with Crippen molar-refractivity contribution in [1.29, 1.82) is 0 Å². The highest BCUT2D eigenvalue weighted by molar-refractivity contribution is 6.09. The molecule has 0 saturated carbocycles. The van der Waals surface area contributed by atoms with Crippen LogP contribution < -0.4 is 0 Å².